The molecule has 4 aromatic carbocycles. The van der Waals surface area contributed by atoms with Crippen LogP contribution in [0.25, 0.3) is 27.7 Å². The number of nitrogens with zero attached hydrogens (tertiary/aromatic N) is 5. The molecule has 1 amide bonds. The number of carboxylic acid groups (broad SMARTS) is 1. The number of carboxylic acids is 1. The van der Waals surface area contributed by atoms with E-state index in [9.17, 15) is 23.9 Å². The molecule has 1 aliphatic rings. The summed E-state index contributed by atoms with van der Waals surface area (Å²) in [6, 6.07) is 21.2. The molecule has 0 bridgehead atoms. The number of aromatic nitrogens is 5. The third kappa shape index (κ3) is 5.20. The van der Waals surface area contributed by atoms with Crippen molar-refractivity contribution in [2.45, 2.75) is 18.9 Å². The second kappa shape index (κ2) is 11.7. The lowest BCUT2D eigenvalue weighted by Crippen LogP contribution is -2.44. The molecule has 0 saturated carbocycles. The topological polar surface area (TPSA) is 134 Å². The summed E-state index contributed by atoms with van der Waals surface area (Å²) >= 11 is 5.94. The summed E-state index contributed by atoms with van der Waals surface area (Å²) in [7, 11) is 0. The summed E-state index contributed by atoms with van der Waals surface area (Å²) in [5, 5.41) is 25.3. The Balaban J connectivity index is 1.27. The average Bonchev–Trinajstić information content (AvgIpc) is 3.75. The van der Waals surface area contributed by atoms with Crippen molar-refractivity contribution >= 4 is 40.2 Å². The largest absolute Gasteiger partial charge is 0.478 e. The Labute approximate surface area is 266 Å². The molecule has 0 aliphatic carbocycles. The Morgan fingerprint density at radius 2 is 1.83 bits per heavy atom. The van der Waals surface area contributed by atoms with Gasteiger partial charge in [0.05, 0.1) is 28.5 Å². The fourth-order valence-electron chi connectivity index (χ4n) is 5.97. The van der Waals surface area contributed by atoms with E-state index in [0.29, 0.717) is 17.5 Å². The van der Waals surface area contributed by atoms with Crippen molar-refractivity contribution in [2.75, 3.05) is 6.54 Å². The Morgan fingerprint density at radius 1 is 1.02 bits per heavy atom. The molecule has 2 aromatic heterocycles. The van der Waals surface area contributed by atoms with Gasteiger partial charge >= 0.3 is 5.97 Å². The van der Waals surface area contributed by atoms with Gasteiger partial charge in [-0.25, -0.2) is 13.9 Å². The molecule has 10 nitrogen and oxygen atoms in total. The van der Waals surface area contributed by atoms with Gasteiger partial charge in [0.1, 0.15) is 11.7 Å². The first-order chi connectivity index (χ1) is 22.3. The lowest BCUT2D eigenvalue weighted by atomic mass is 9.83. The molecule has 46 heavy (non-hydrogen) atoms. The number of rotatable bonds is 7. The van der Waals surface area contributed by atoms with Gasteiger partial charge in [-0.2, -0.15) is 5.10 Å². The summed E-state index contributed by atoms with van der Waals surface area (Å²) in [6.45, 7) is 0.210. The highest BCUT2D eigenvalue weighted by atomic mass is 35.5. The minimum atomic E-state index is -1.07. The molecule has 1 atom stereocenters. The number of nitrogens with one attached hydrogen (secondary N) is 1. The summed E-state index contributed by atoms with van der Waals surface area (Å²) in [5.74, 6) is -2.57. The summed E-state index contributed by atoms with van der Waals surface area (Å²) in [6.07, 6.45) is 3.48. The molecule has 0 saturated heterocycles. The summed E-state index contributed by atoms with van der Waals surface area (Å²) in [5.41, 5.74) is 5.05. The number of carbonyl (C=O) groups is 3. The van der Waals surface area contributed by atoms with Gasteiger partial charge < -0.3 is 10.0 Å². The van der Waals surface area contributed by atoms with Crippen LogP contribution in [0.1, 0.15) is 43.6 Å². The number of hydrogen-bond acceptors (Lipinski definition) is 6. The molecule has 12 heteroatoms. The van der Waals surface area contributed by atoms with E-state index in [0.717, 1.165) is 32.3 Å². The molecule has 1 aliphatic heterocycles. The number of aromatic amines is 1. The van der Waals surface area contributed by atoms with E-state index in [1.807, 2.05) is 36.4 Å². The SMILES string of the molecule is O=C(O)c1ccc(CC(=O)C2c3cccc(-c4ccc5cn[nH]c5c4)c3CCN2C(=O)c2cn(-c3cccc(Cl)c3F)nn2)cc1. The van der Waals surface area contributed by atoms with Crippen LogP contribution < -0.4 is 0 Å². The zero-order chi connectivity index (χ0) is 31.9. The number of aromatic carboxylic acids is 1. The first kappa shape index (κ1) is 29.1. The number of amides is 1. The Kier molecular flexibility index (Phi) is 7.37. The maximum absolute atomic E-state index is 14.7. The van der Waals surface area contributed by atoms with Crippen LogP contribution in [-0.2, 0) is 17.6 Å². The summed E-state index contributed by atoms with van der Waals surface area (Å²) < 4.78 is 15.8. The molecular weight excluding hydrogens is 611 g/mol. The van der Waals surface area contributed by atoms with E-state index in [2.05, 4.69) is 20.5 Å². The highest BCUT2D eigenvalue weighted by Crippen LogP contribution is 2.38. The molecule has 0 radical (unpaired) electrons. The smallest absolute Gasteiger partial charge is 0.335 e. The van der Waals surface area contributed by atoms with Crippen LogP contribution in [0.2, 0.25) is 5.02 Å². The number of ketones is 1. The molecule has 7 rings (SSSR count). The second-order valence-corrected chi connectivity index (χ2v) is 11.4. The number of fused-ring (bicyclic) bond motifs is 2. The van der Waals surface area contributed by atoms with Crippen LogP contribution in [0.4, 0.5) is 4.39 Å². The van der Waals surface area contributed by atoms with Crippen molar-refractivity contribution in [2.24, 2.45) is 0 Å². The number of hydrogen-bond donors (Lipinski definition) is 2. The fraction of sp³-hybridized carbons (Fsp3) is 0.118. The lowest BCUT2D eigenvalue weighted by molar-refractivity contribution is -0.123. The summed E-state index contributed by atoms with van der Waals surface area (Å²) in [4.78, 5) is 41.0. The van der Waals surface area contributed by atoms with Crippen LogP contribution in [0, 0.1) is 5.82 Å². The van der Waals surface area contributed by atoms with Gasteiger partial charge in [-0.3, -0.25) is 14.7 Å². The number of halogens is 2. The van der Waals surface area contributed by atoms with Crippen LogP contribution >= 0.6 is 11.6 Å². The third-order valence-corrected chi connectivity index (χ3v) is 8.50. The first-order valence-corrected chi connectivity index (χ1v) is 14.7. The maximum atomic E-state index is 14.7. The van der Waals surface area contributed by atoms with Crippen molar-refractivity contribution in [3.05, 3.63) is 130 Å². The van der Waals surface area contributed by atoms with Gasteiger partial charge in [-0.05, 0) is 64.6 Å². The van der Waals surface area contributed by atoms with Crippen molar-refractivity contribution < 1.29 is 23.9 Å². The van der Waals surface area contributed by atoms with Crippen molar-refractivity contribution in [1.82, 2.24) is 30.1 Å². The molecular formula is C34H24ClFN6O4. The Bertz CT molecular complexity index is 2160. The monoisotopic (exact) mass is 634 g/mol. The first-order valence-electron chi connectivity index (χ1n) is 14.4. The standard InChI is InChI=1S/C34H24ClFN6O4/c35-26-5-2-6-29(31(26)36)42-18-28(39-40-42)33(44)41-14-13-24-23(21-11-12-22-17-37-38-27(22)16-21)3-1-4-25(24)32(41)30(43)15-19-7-9-20(10-8-19)34(45)46/h1-12,16-18,32H,13-15H2,(H,37,38)(H,45,46). The van der Waals surface area contributed by atoms with Crippen molar-refractivity contribution in [3.63, 3.8) is 0 Å². The molecule has 228 valence electrons. The van der Waals surface area contributed by atoms with Crippen LogP contribution in [0.5, 0.6) is 0 Å². The fourth-order valence-corrected chi connectivity index (χ4v) is 6.14. The van der Waals surface area contributed by atoms with Crippen LogP contribution in [-0.4, -0.2) is 59.4 Å². The molecule has 3 heterocycles. The third-order valence-electron chi connectivity index (χ3n) is 8.21. The average molecular weight is 635 g/mol. The predicted octanol–water partition coefficient (Wildman–Crippen LogP) is 5.85. The van der Waals surface area contributed by atoms with E-state index in [4.69, 9.17) is 11.6 Å². The number of carbonyl (C=O) groups excluding carboxylic acids is 2. The van der Waals surface area contributed by atoms with Gasteiger partial charge in [0.15, 0.2) is 17.3 Å². The molecule has 1 unspecified atom stereocenters. The highest BCUT2D eigenvalue weighted by Gasteiger charge is 2.38. The molecule has 2 N–H and O–H groups in total. The zero-order valence-corrected chi connectivity index (χ0v) is 24.8. The lowest BCUT2D eigenvalue weighted by Gasteiger charge is -2.37. The normalized spacial score (nSPS) is 14.3. The van der Waals surface area contributed by atoms with Crippen molar-refractivity contribution in [1.29, 1.82) is 0 Å². The second-order valence-electron chi connectivity index (χ2n) is 11.0. The van der Waals surface area contributed by atoms with E-state index in [-0.39, 0.29) is 40.7 Å². The highest BCUT2D eigenvalue weighted by molar-refractivity contribution is 6.30. The maximum Gasteiger partial charge on any atom is 0.335 e. The van der Waals surface area contributed by atoms with Crippen molar-refractivity contribution in [3.8, 4) is 16.8 Å². The molecule has 0 fully saturated rings. The number of Topliss-reactive ketones (excluding diaryl/α,β-unsaturated/α-hetero) is 1. The van der Waals surface area contributed by atoms with Gasteiger partial charge in [0, 0.05) is 18.4 Å². The number of benzene rings is 4. The minimum Gasteiger partial charge on any atom is -0.478 e. The van der Waals surface area contributed by atoms with E-state index >= 15 is 0 Å². The minimum absolute atomic E-state index is 0.0272. The zero-order valence-electron chi connectivity index (χ0n) is 24.0. The van der Waals surface area contributed by atoms with E-state index in [1.165, 1.54) is 35.4 Å². The van der Waals surface area contributed by atoms with Gasteiger partial charge in [-0.15, -0.1) is 5.10 Å². The van der Waals surface area contributed by atoms with E-state index < -0.39 is 23.7 Å². The quantitative estimate of drug-likeness (QED) is 0.225. The van der Waals surface area contributed by atoms with Crippen LogP contribution in [0.3, 0.4) is 0 Å². The van der Waals surface area contributed by atoms with Gasteiger partial charge in [0.2, 0.25) is 0 Å². The predicted molar refractivity (Wildman–Crippen MR) is 167 cm³/mol. The van der Waals surface area contributed by atoms with E-state index in [1.54, 1.807) is 24.4 Å². The molecule has 0 spiro atoms. The Morgan fingerprint density at radius 3 is 2.63 bits per heavy atom. The van der Waals surface area contributed by atoms with Gasteiger partial charge in [0.25, 0.3) is 5.91 Å². The number of H-pyrrole nitrogens is 1. The van der Waals surface area contributed by atoms with Gasteiger partial charge in [-0.1, -0.05) is 65.3 Å². The molecule has 6 aromatic rings. The van der Waals surface area contributed by atoms with Crippen LogP contribution in [0.15, 0.2) is 91.3 Å². The Hall–Kier alpha value is -5.68.